The van der Waals surface area contributed by atoms with Crippen molar-refractivity contribution in [2.45, 2.75) is 24.5 Å². The highest BCUT2D eigenvalue weighted by atomic mass is 19.1. The molecule has 0 aliphatic carbocycles. The van der Waals surface area contributed by atoms with Gasteiger partial charge in [-0.05, 0) is 0 Å². The molecule has 9 heteroatoms. The maximum atomic E-state index is 13.2. The van der Waals surface area contributed by atoms with Crippen molar-refractivity contribution in [3.05, 3.63) is 12.4 Å². The Bertz CT molecular complexity index is 662. The molecule has 4 rings (SSSR count). The molecule has 4 heterocycles. The van der Waals surface area contributed by atoms with Gasteiger partial charge in [0, 0.05) is 0 Å². The fraction of sp³-hybridized carbons (Fsp3) is 0.500. The molecule has 2 aliphatic heterocycles. The van der Waals surface area contributed by atoms with Crippen LogP contribution in [-0.4, -0.2) is 49.5 Å². The third-order valence-corrected chi connectivity index (χ3v) is 3.46. The number of anilines is 1. The summed E-state index contributed by atoms with van der Waals surface area (Å²) in [5.74, 6) is -0.0362. The second-order valence-electron chi connectivity index (χ2n) is 4.56. The summed E-state index contributed by atoms with van der Waals surface area (Å²) in [4.78, 5) is 11.1. The second kappa shape index (κ2) is 3.59. The first-order valence-electron chi connectivity index (χ1n) is 5.76. The van der Waals surface area contributed by atoms with E-state index in [2.05, 4.69) is 15.0 Å². The van der Waals surface area contributed by atoms with E-state index in [1.54, 1.807) is 0 Å². The Kier molecular flexibility index (Phi) is 2.08. The fourth-order valence-electron chi connectivity index (χ4n) is 2.56. The van der Waals surface area contributed by atoms with Crippen LogP contribution in [-0.2, 0) is 9.47 Å². The van der Waals surface area contributed by atoms with Gasteiger partial charge in [-0.2, -0.15) is 14.4 Å². The van der Waals surface area contributed by atoms with E-state index in [1.807, 2.05) is 0 Å². The molecule has 2 saturated heterocycles. The largest absolute Gasteiger partial charge is 0.387 e. The fourth-order valence-corrected chi connectivity index (χ4v) is 2.56. The van der Waals surface area contributed by atoms with Gasteiger partial charge in [-0.25, -0.2) is 4.98 Å². The van der Waals surface area contributed by atoms with Crippen molar-refractivity contribution in [2.24, 2.45) is 0 Å². The first kappa shape index (κ1) is 11.0. The lowest BCUT2D eigenvalue weighted by molar-refractivity contribution is -0.125. The highest BCUT2D eigenvalue weighted by Gasteiger charge is 2.51. The van der Waals surface area contributed by atoms with Gasteiger partial charge < -0.3 is 20.3 Å². The maximum Gasteiger partial charge on any atom is 0.312 e. The van der Waals surface area contributed by atoms with Gasteiger partial charge in [-0.15, -0.1) is 0 Å². The summed E-state index contributed by atoms with van der Waals surface area (Å²) in [7, 11) is 0. The zero-order valence-electron chi connectivity index (χ0n) is 9.60. The van der Waals surface area contributed by atoms with Crippen LogP contribution in [0.15, 0.2) is 6.33 Å². The van der Waals surface area contributed by atoms with E-state index >= 15 is 0 Å². The first-order valence-corrected chi connectivity index (χ1v) is 5.76. The van der Waals surface area contributed by atoms with E-state index in [4.69, 9.17) is 15.2 Å². The number of ether oxygens (including phenoxy) is 2. The number of aromatic nitrogens is 4. The number of nitrogen functional groups attached to an aromatic ring is 1. The van der Waals surface area contributed by atoms with Crippen LogP contribution in [0.2, 0.25) is 0 Å². The van der Waals surface area contributed by atoms with Crippen LogP contribution in [0.5, 0.6) is 0 Å². The van der Waals surface area contributed by atoms with Gasteiger partial charge in [-0.3, -0.25) is 4.57 Å². The lowest BCUT2D eigenvalue weighted by Crippen LogP contribution is -2.28. The predicted molar refractivity (Wildman–Crippen MR) is 59.4 cm³/mol. The zero-order valence-corrected chi connectivity index (χ0v) is 9.60. The van der Waals surface area contributed by atoms with E-state index < -0.39 is 24.5 Å². The lowest BCUT2D eigenvalue weighted by Gasteiger charge is -2.23. The summed E-state index contributed by atoms with van der Waals surface area (Å²) < 4.78 is 25.8. The number of imidazole rings is 1. The zero-order chi connectivity index (χ0) is 13.1. The molecule has 2 fully saturated rings. The predicted octanol–water partition coefficient (Wildman–Crippen LogP) is -0.795. The van der Waals surface area contributed by atoms with Crippen LogP contribution >= 0.6 is 0 Å². The molecule has 2 bridgehead atoms. The van der Waals surface area contributed by atoms with E-state index in [9.17, 15) is 9.50 Å². The molecule has 2 aromatic rings. The van der Waals surface area contributed by atoms with Crippen LogP contribution in [0.4, 0.5) is 10.2 Å². The molecule has 0 amide bonds. The molecule has 0 spiro atoms. The van der Waals surface area contributed by atoms with E-state index in [0.29, 0.717) is 12.1 Å². The first-order chi connectivity index (χ1) is 9.15. The summed E-state index contributed by atoms with van der Waals surface area (Å²) in [5.41, 5.74) is 6.10. The molecule has 0 radical (unpaired) electrons. The summed E-state index contributed by atoms with van der Waals surface area (Å²) in [5, 5.41) is 9.86. The summed E-state index contributed by atoms with van der Waals surface area (Å²) in [6.07, 6.45) is -1.69. The van der Waals surface area contributed by atoms with Gasteiger partial charge in [0.2, 0.25) is 0 Å². The molecule has 0 unspecified atom stereocenters. The monoisotopic (exact) mass is 267 g/mol. The van der Waals surface area contributed by atoms with Crippen LogP contribution in [0.1, 0.15) is 6.23 Å². The Morgan fingerprint density at radius 2 is 2.32 bits per heavy atom. The van der Waals surface area contributed by atoms with Gasteiger partial charge in [0.05, 0.1) is 12.9 Å². The average molecular weight is 267 g/mol. The molecule has 0 aromatic carbocycles. The van der Waals surface area contributed by atoms with Crippen molar-refractivity contribution in [1.82, 2.24) is 19.5 Å². The number of hydrogen-bond donors (Lipinski definition) is 2. The van der Waals surface area contributed by atoms with Crippen molar-refractivity contribution in [1.29, 1.82) is 0 Å². The highest BCUT2D eigenvalue weighted by Crippen LogP contribution is 2.38. The van der Waals surface area contributed by atoms with Crippen LogP contribution in [0.3, 0.4) is 0 Å². The van der Waals surface area contributed by atoms with Crippen molar-refractivity contribution >= 4 is 17.0 Å². The normalized spacial score (nSPS) is 33.4. The molecule has 19 heavy (non-hydrogen) atoms. The van der Waals surface area contributed by atoms with Crippen LogP contribution in [0.25, 0.3) is 11.2 Å². The number of nitrogens with two attached hydrogens (primary N) is 1. The highest BCUT2D eigenvalue weighted by molar-refractivity contribution is 5.81. The topological polar surface area (TPSA) is 108 Å². The van der Waals surface area contributed by atoms with E-state index in [-0.39, 0.29) is 17.6 Å². The molecule has 2 aliphatic rings. The van der Waals surface area contributed by atoms with Crippen molar-refractivity contribution < 1.29 is 19.0 Å². The Hall–Kier alpha value is -1.84. The summed E-state index contributed by atoms with van der Waals surface area (Å²) >= 11 is 0. The summed E-state index contributed by atoms with van der Waals surface area (Å²) in [6, 6.07) is 0. The van der Waals surface area contributed by atoms with Crippen molar-refractivity contribution in [3.63, 3.8) is 0 Å². The number of rotatable bonds is 1. The van der Waals surface area contributed by atoms with Gasteiger partial charge in [0.1, 0.15) is 18.3 Å². The van der Waals surface area contributed by atoms with Gasteiger partial charge in [0.15, 0.2) is 23.2 Å². The minimum absolute atomic E-state index is 0.0362. The molecule has 8 nitrogen and oxygen atoms in total. The molecule has 4 atom stereocenters. The number of aliphatic hydroxyl groups is 1. The second-order valence-corrected chi connectivity index (χ2v) is 4.56. The Balaban J connectivity index is 1.84. The third kappa shape index (κ3) is 1.40. The van der Waals surface area contributed by atoms with Crippen molar-refractivity contribution in [2.75, 3.05) is 12.3 Å². The molecule has 100 valence electrons. The molecular formula is C10H10FN5O3. The lowest BCUT2D eigenvalue weighted by atomic mass is 10.2. The number of halogens is 1. The van der Waals surface area contributed by atoms with E-state index in [1.165, 1.54) is 10.9 Å². The summed E-state index contributed by atoms with van der Waals surface area (Å²) in [6.45, 7) is 0.348. The minimum Gasteiger partial charge on any atom is -0.387 e. The molecular weight excluding hydrogens is 257 g/mol. The Labute approximate surface area is 106 Å². The minimum atomic E-state index is -0.934. The van der Waals surface area contributed by atoms with Gasteiger partial charge in [0.25, 0.3) is 0 Å². The van der Waals surface area contributed by atoms with Gasteiger partial charge in [-0.1, -0.05) is 0 Å². The number of fused-ring (bicyclic) bond motifs is 3. The quantitative estimate of drug-likeness (QED) is 0.651. The molecule has 3 N–H and O–H groups in total. The Morgan fingerprint density at radius 3 is 3.00 bits per heavy atom. The number of nitrogens with zero attached hydrogens (tertiary/aromatic N) is 4. The smallest absolute Gasteiger partial charge is 0.312 e. The maximum absolute atomic E-state index is 13.2. The number of hydrogen-bond acceptors (Lipinski definition) is 7. The standard InChI is InChI=1S/C10H10FN5O3/c11-10-14-7(12)4-8(15-10)16(2-13-4)9-6-5(17)3(19-9)1-18-6/h2-3,5-6,9,17H,1H2,(H2,12,14,15)/t3-,5-,6+,9-/m1/s1. The Morgan fingerprint density at radius 1 is 1.47 bits per heavy atom. The molecule has 2 aromatic heterocycles. The van der Waals surface area contributed by atoms with Crippen molar-refractivity contribution in [3.8, 4) is 0 Å². The third-order valence-electron chi connectivity index (χ3n) is 3.46. The van der Waals surface area contributed by atoms with Gasteiger partial charge >= 0.3 is 6.08 Å². The average Bonchev–Trinajstić information content (AvgIpc) is 3.02. The number of aliphatic hydroxyl groups excluding tert-OH is 1. The van der Waals surface area contributed by atoms with Crippen LogP contribution in [0, 0.1) is 6.08 Å². The van der Waals surface area contributed by atoms with E-state index in [0.717, 1.165) is 0 Å². The van der Waals surface area contributed by atoms with Crippen LogP contribution < -0.4 is 5.73 Å². The SMILES string of the molecule is Nc1nc(F)nc2c1ncn2[C@@H]1O[C@@H]2CO[C@H]1[C@@H]2O. The molecule has 0 saturated carbocycles.